The Morgan fingerprint density at radius 3 is 2.81 bits per heavy atom. The smallest absolute Gasteiger partial charge is 0.231 e. The van der Waals surface area contributed by atoms with E-state index in [1.54, 1.807) is 6.20 Å². The maximum Gasteiger partial charge on any atom is 0.231 e. The van der Waals surface area contributed by atoms with Crippen molar-refractivity contribution < 1.29 is 14.3 Å². The summed E-state index contributed by atoms with van der Waals surface area (Å²) in [5.41, 5.74) is 1.15. The molecule has 0 atom stereocenters. The van der Waals surface area contributed by atoms with E-state index in [1.165, 1.54) is 0 Å². The van der Waals surface area contributed by atoms with Crippen molar-refractivity contribution in [2.45, 2.75) is 31.7 Å². The Hall–Kier alpha value is -2.11. The summed E-state index contributed by atoms with van der Waals surface area (Å²) in [7, 11) is 0. The van der Waals surface area contributed by atoms with E-state index in [0.717, 1.165) is 11.1 Å². The molecule has 138 valence electrons. The molecule has 0 saturated carbocycles. The zero-order valence-corrected chi connectivity index (χ0v) is 15.6. The SMILES string of the molecule is CCOc1cc(CNC(=O)C2(c3ccccc3Cl)CCOCC2)ccn1. The van der Waals surface area contributed by atoms with E-state index >= 15 is 0 Å². The Bertz CT molecular complexity index is 760. The highest BCUT2D eigenvalue weighted by Crippen LogP contribution is 2.38. The van der Waals surface area contributed by atoms with E-state index in [9.17, 15) is 4.79 Å². The molecule has 1 aromatic heterocycles. The molecule has 1 amide bonds. The first-order valence-electron chi connectivity index (χ1n) is 8.84. The molecule has 5 nitrogen and oxygen atoms in total. The van der Waals surface area contributed by atoms with E-state index in [1.807, 2.05) is 43.3 Å². The summed E-state index contributed by atoms with van der Waals surface area (Å²) in [6, 6.07) is 11.3. The number of pyridine rings is 1. The molecule has 6 heteroatoms. The molecule has 1 aliphatic rings. The fourth-order valence-corrected chi connectivity index (χ4v) is 3.64. The number of ether oxygens (including phenoxy) is 2. The Morgan fingerprint density at radius 2 is 2.08 bits per heavy atom. The lowest BCUT2D eigenvalue weighted by atomic mass is 9.73. The molecule has 0 aliphatic carbocycles. The average Bonchev–Trinajstić information content (AvgIpc) is 2.67. The summed E-state index contributed by atoms with van der Waals surface area (Å²) in [6.45, 7) is 3.96. The fraction of sp³-hybridized carbons (Fsp3) is 0.400. The number of benzene rings is 1. The molecule has 1 saturated heterocycles. The van der Waals surface area contributed by atoms with Crippen molar-refractivity contribution in [2.75, 3.05) is 19.8 Å². The monoisotopic (exact) mass is 374 g/mol. The Balaban J connectivity index is 1.79. The Kier molecular flexibility index (Phi) is 6.12. The van der Waals surface area contributed by atoms with E-state index < -0.39 is 5.41 Å². The number of aromatic nitrogens is 1. The molecule has 0 bridgehead atoms. The van der Waals surface area contributed by atoms with Gasteiger partial charge in [-0.25, -0.2) is 4.98 Å². The van der Waals surface area contributed by atoms with Gasteiger partial charge in [0.1, 0.15) is 0 Å². The predicted octanol–water partition coefficient (Wildman–Crippen LogP) is 3.50. The second-order valence-electron chi connectivity index (χ2n) is 6.29. The second kappa shape index (κ2) is 8.52. The van der Waals surface area contributed by atoms with Crippen molar-refractivity contribution in [2.24, 2.45) is 0 Å². The van der Waals surface area contributed by atoms with Gasteiger partial charge in [0.15, 0.2) is 0 Å². The zero-order chi connectivity index (χ0) is 18.4. The number of rotatable bonds is 6. The topological polar surface area (TPSA) is 60.5 Å². The molecule has 2 aromatic rings. The van der Waals surface area contributed by atoms with E-state index in [2.05, 4.69) is 10.3 Å². The van der Waals surface area contributed by atoms with Crippen molar-refractivity contribution in [1.29, 1.82) is 0 Å². The molecule has 26 heavy (non-hydrogen) atoms. The molecule has 1 N–H and O–H groups in total. The van der Waals surface area contributed by atoms with Gasteiger partial charge in [-0.15, -0.1) is 0 Å². The van der Waals surface area contributed by atoms with Crippen LogP contribution in [0, 0.1) is 0 Å². The first-order valence-corrected chi connectivity index (χ1v) is 9.22. The zero-order valence-electron chi connectivity index (χ0n) is 14.8. The predicted molar refractivity (Wildman–Crippen MR) is 100 cm³/mol. The number of hydrogen-bond acceptors (Lipinski definition) is 4. The van der Waals surface area contributed by atoms with E-state index in [4.69, 9.17) is 21.1 Å². The molecule has 0 radical (unpaired) electrons. The summed E-state index contributed by atoms with van der Waals surface area (Å²) < 4.78 is 10.9. The van der Waals surface area contributed by atoms with Crippen LogP contribution in [0.1, 0.15) is 30.9 Å². The quantitative estimate of drug-likeness (QED) is 0.840. The van der Waals surface area contributed by atoms with Gasteiger partial charge in [0.05, 0.1) is 12.0 Å². The lowest BCUT2D eigenvalue weighted by Gasteiger charge is -2.36. The van der Waals surface area contributed by atoms with Crippen LogP contribution in [0.25, 0.3) is 0 Å². The minimum atomic E-state index is -0.660. The van der Waals surface area contributed by atoms with Crippen molar-refractivity contribution >= 4 is 17.5 Å². The Morgan fingerprint density at radius 1 is 1.31 bits per heavy atom. The van der Waals surface area contributed by atoms with Crippen LogP contribution < -0.4 is 10.1 Å². The van der Waals surface area contributed by atoms with Crippen LogP contribution in [0.2, 0.25) is 5.02 Å². The molecular formula is C20H23ClN2O3. The molecule has 1 aromatic carbocycles. The third kappa shape index (κ3) is 4.00. The highest BCUT2D eigenvalue weighted by molar-refractivity contribution is 6.31. The van der Waals surface area contributed by atoms with Crippen LogP contribution in [-0.2, 0) is 21.5 Å². The minimum absolute atomic E-state index is 0.0244. The highest BCUT2D eigenvalue weighted by Gasteiger charge is 2.42. The normalized spacial score (nSPS) is 16.1. The van der Waals surface area contributed by atoms with Gasteiger partial charge in [0, 0.05) is 37.0 Å². The number of halogens is 1. The van der Waals surface area contributed by atoms with Gasteiger partial charge >= 0.3 is 0 Å². The van der Waals surface area contributed by atoms with Crippen LogP contribution in [0.5, 0.6) is 5.88 Å². The third-order valence-electron chi connectivity index (χ3n) is 4.71. The first-order chi connectivity index (χ1) is 12.7. The van der Waals surface area contributed by atoms with Crippen LogP contribution in [0.4, 0.5) is 0 Å². The summed E-state index contributed by atoms with van der Waals surface area (Å²) in [5.74, 6) is 0.537. The summed E-state index contributed by atoms with van der Waals surface area (Å²) in [4.78, 5) is 17.3. The molecule has 0 spiro atoms. The van der Waals surface area contributed by atoms with Crippen LogP contribution >= 0.6 is 11.6 Å². The number of nitrogens with one attached hydrogen (secondary N) is 1. The standard InChI is InChI=1S/C20H23ClN2O3/c1-2-26-18-13-15(7-10-22-18)14-23-19(24)20(8-11-25-12-9-20)16-5-3-4-6-17(16)21/h3-7,10,13H,2,8-9,11-12,14H2,1H3,(H,23,24). The van der Waals surface area contributed by atoms with Crippen molar-refractivity contribution in [3.63, 3.8) is 0 Å². The van der Waals surface area contributed by atoms with Crippen LogP contribution in [-0.4, -0.2) is 30.7 Å². The molecule has 0 unspecified atom stereocenters. The molecule has 2 heterocycles. The van der Waals surface area contributed by atoms with E-state index in [0.29, 0.717) is 50.1 Å². The number of carbonyl (C=O) groups is 1. The van der Waals surface area contributed by atoms with Gasteiger partial charge in [0.2, 0.25) is 11.8 Å². The Labute approximate surface area is 158 Å². The van der Waals surface area contributed by atoms with Gasteiger partial charge in [0.25, 0.3) is 0 Å². The molecular weight excluding hydrogens is 352 g/mol. The van der Waals surface area contributed by atoms with Crippen molar-refractivity contribution in [3.8, 4) is 5.88 Å². The number of nitrogens with zero attached hydrogens (tertiary/aromatic N) is 1. The van der Waals surface area contributed by atoms with E-state index in [-0.39, 0.29) is 5.91 Å². The third-order valence-corrected chi connectivity index (χ3v) is 5.04. The maximum atomic E-state index is 13.2. The lowest BCUT2D eigenvalue weighted by molar-refractivity contribution is -0.130. The van der Waals surface area contributed by atoms with Gasteiger partial charge in [-0.2, -0.15) is 0 Å². The maximum absolute atomic E-state index is 13.2. The van der Waals surface area contributed by atoms with Crippen LogP contribution in [0.3, 0.4) is 0 Å². The molecule has 3 rings (SSSR count). The first kappa shape index (κ1) is 18.7. The summed E-state index contributed by atoms with van der Waals surface area (Å²) in [5, 5.41) is 3.69. The van der Waals surface area contributed by atoms with Crippen LogP contribution in [0.15, 0.2) is 42.6 Å². The highest BCUT2D eigenvalue weighted by atomic mass is 35.5. The van der Waals surface area contributed by atoms with Crippen molar-refractivity contribution in [3.05, 3.63) is 58.7 Å². The number of hydrogen-bond donors (Lipinski definition) is 1. The van der Waals surface area contributed by atoms with Gasteiger partial charge in [-0.3, -0.25) is 4.79 Å². The van der Waals surface area contributed by atoms with Gasteiger partial charge in [-0.1, -0.05) is 29.8 Å². The minimum Gasteiger partial charge on any atom is -0.478 e. The second-order valence-corrected chi connectivity index (χ2v) is 6.70. The number of carbonyl (C=O) groups excluding carboxylic acids is 1. The molecule has 1 fully saturated rings. The van der Waals surface area contributed by atoms with Crippen molar-refractivity contribution in [1.82, 2.24) is 10.3 Å². The molecule has 1 aliphatic heterocycles. The summed E-state index contributed by atoms with van der Waals surface area (Å²) in [6.07, 6.45) is 2.91. The lowest BCUT2D eigenvalue weighted by Crippen LogP contribution is -2.48. The summed E-state index contributed by atoms with van der Waals surface area (Å²) >= 11 is 6.42. The average molecular weight is 375 g/mol. The fourth-order valence-electron chi connectivity index (χ4n) is 3.33. The largest absolute Gasteiger partial charge is 0.478 e. The number of amides is 1. The van der Waals surface area contributed by atoms with Gasteiger partial charge < -0.3 is 14.8 Å². The van der Waals surface area contributed by atoms with Gasteiger partial charge in [-0.05, 0) is 43.0 Å².